The molecule has 0 heterocycles. The zero-order valence-corrected chi connectivity index (χ0v) is 12.5. The van der Waals surface area contributed by atoms with Gasteiger partial charge < -0.3 is 15.4 Å². The fourth-order valence-corrected chi connectivity index (χ4v) is 2.10. The topological polar surface area (TPSA) is 50.4 Å². The van der Waals surface area contributed by atoms with Crippen LogP contribution in [-0.2, 0) is 4.79 Å². The van der Waals surface area contributed by atoms with Gasteiger partial charge in [-0.25, -0.2) is 0 Å². The minimum atomic E-state index is 0.0565. The van der Waals surface area contributed by atoms with Crippen molar-refractivity contribution < 1.29 is 9.53 Å². The molecule has 4 nitrogen and oxygen atoms in total. The highest BCUT2D eigenvalue weighted by Crippen LogP contribution is 2.21. The molecule has 2 N–H and O–H groups in total. The molecule has 0 aliphatic heterocycles. The highest BCUT2D eigenvalue weighted by Gasteiger charge is 2.04. The van der Waals surface area contributed by atoms with Crippen molar-refractivity contribution in [2.24, 2.45) is 0 Å². The number of hydrogen-bond acceptors (Lipinski definition) is 4. The fraction of sp³-hybridized carbons (Fsp3) is 0.500. The Labute approximate surface area is 119 Å². The van der Waals surface area contributed by atoms with Gasteiger partial charge in [0.2, 0.25) is 5.91 Å². The summed E-state index contributed by atoms with van der Waals surface area (Å²) in [6, 6.07) is 8.08. The summed E-state index contributed by atoms with van der Waals surface area (Å²) in [5, 5.41) is 5.97. The normalized spacial score (nSPS) is 11.9. The lowest BCUT2D eigenvalue weighted by Crippen LogP contribution is -2.37. The van der Waals surface area contributed by atoms with Gasteiger partial charge in [-0.3, -0.25) is 4.79 Å². The number of carbonyl (C=O) groups is 1. The van der Waals surface area contributed by atoms with Crippen LogP contribution in [0.5, 0.6) is 5.75 Å². The Morgan fingerprint density at radius 1 is 1.37 bits per heavy atom. The first-order valence-corrected chi connectivity index (χ1v) is 7.44. The van der Waals surface area contributed by atoms with Gasteiger partial charge in [0.25, 0.3) is 0 Å². The van der Waals surface area contributed by atoms with Gasteiger partial charge in [0.1, 0.15) is 5.75 Å². The van der Waals surface area contributed by atoms with E-state index in [1.54, 1.807) is 0 Å². The lowest BCUT2D eigenvalue weighted by Gasteiger charge is -2.11. The van der Waals surface area contributed by atoms with Crippen molar-refractivity contribution in [3.05, 3.63) is 24.3 Å². The second-order valence-corrected chi connectivity index (χ2v) is 5.24. The van der Waals surface area contributed by atoms with E-state index in [9.17, 15) is 4.79 Å². The molecular formula is C14H22N2O2S. The average molecular weight is 282 g/mol. The molecule has 0 spiro atoms. The number of amides is 1. The van der Waals surface area contributed by atoms with Crippen LogP contribution in [0.4, 0.5) is 0 Å². The minimum absolute atomic E-state index is 0.0565. The lowest BCUT2D eigenvalue weighted by atomic mass is 10.3. The van der Waals surface area contributed by atoms with Gasteiger partial charge in [-0.2, -0.15) is 0 Å². The van der Waals surface area contributed by atoms with Crippen LogP contribution < -0.4 is 15.4 Å². The van der Waals surface area contributed by atoms with Crippen LogP contribution in [0.15, 0.2) is 29.2 Å². The molecule has 106 valence electrons. The highest BCUT2D eigenvalue weighted by molar-refractivity contribution is 8.00. The zero-order chi connectivity index (χ0) is 14.1. The molecule has 0 fully saturated rings. The first-order valence-electron chi connectivity index (χ1n) is 6.45. The molecule has 1 rings (SSSR count). The van der Waals surface area contributed by atoms with Crippen molar-refractivity contribution in [2.45, 2.75) is 24.8 Å². The van der Waals surface area contributed by atoms with Crippen LogP contribution in [0, 0.1) is 0 Å². The summed E-state index contributed by atoms with van der Waals surface area (Å²) in [6.07, 6.45) is 0. The molecule has 1 aromatic rings. The van der Waals surface area contributed by atoms with Crippen molar-refractivity contribution in [3.63, 3.8) is 0 Å². The largest absolute Gasteiger partial charge is 0.494 e. The predicted octanol–water partition coefficient (Wildman–Crippen LogP) is 1.90. The molecule has 1 atom stereocenters. The molecule has 0 aromatic heterocycles. The molecule has 1 aromatic carbocycles. The van der Waals surface area contributed by atoms with E-state index in [0.29, 0.717) is 24.9 Å². The molecule has 0 aliphatic carbocycles. The summed E-state index contributed by atoms with van der Waals surface area (Å²) in [6.45, 7) is 5.30. The smallest absolute Gasteiger partial charge is 0.230 e. The molecule has 5 heteroatoms. The van der Waals surface area contributed by atoms with Gasteiger partial charge in [0, 0.05) is 17.5 Å². The Morgan fingerprint density at radius 2 is 2.05 bits per heavy atom. The molecule has 0 saturated heterocycles. The number of ether oxygens (including phenoxy) is 1. The minimum Gasteiger partial charge on any atom is -0.494 e. The van der Waals surface area contributed by atoms with Gasteiger partial charge in [0.05, 0.1) is 12.4 Å². The zero-order valence-electron chi connectivity index (χ0n) is 11.7. The van der Waals surface area contributed by atoms with Crippen LogP contribution in [-0.4, -0.2) is 37.9 Å². The van der Waals surface area contributed by atoms with E-state index in [-0.39, 0.29) is 5.91 Å². The van der Waals surface area contributed by atoms with Crippen LogP contribution >= 0.6 is 11.8 Å². The average Bonchev–Trinajstić information content (AvgIpc) is 2.44. The number of likely N-dealkylation sites (N-methyl/N-ethyl adjacent to an activating group) is 1. The molecular weight excluding hydrogens is 260 g/mol. The summed E-state index contributed by atoms with van der Waals surface area (Å²) < 4.78 is 5.37. The third-order valence-electron chi connectivity index (χ3n) is 2.60. The quantitative estimate of drug-likeness (QED) is 0.715. The highest BCUT2D eigenvalue weighted by atomic mass is 32.2. The van der Waals surface area contributed by atoms with Crippen molar-refractivity contribution >= 4 is 17.7 Å². The molecule has 1 amide bonds. The Bertz CT molecular complexity index is 382. The third-order valence-corrected chi connectivity index (χ3v) is 3.61. The summed E-state index contributed by atoms with van der Waals surface area (Å²) in [5.41, 5.74) is 0. The monoisotopic (exact) mass is 282 g/mol. The van der Waals surface area contributed by atoms with Crippen molar-refractivity contribution in [1.82, 2.24) is 10.6 Å². The van der Waals surface area contributed by atoms with Gasteiger partial charge in [-0.05, 0) is 45.2 Å². The fourth-order valence-electron chi connectivity index (χ4n) is 1.37. The summed E-state index contributed by atoms with van der Waals surface area (Å²) in [5.74, 6) is 1.35. The first-order chi connectivity index (χ1) is 9.15. The van der Waals surface area contributed by atoms with Gasteiger partial charge >= 0.3 is 0 Å². The summed E-state index contributed by atoms with van der Waals surface area (Å²) in [4.78, 5) is 12.7. The van der Waals surface area contributed by atoms with Crippen molar-refractivity contribution in [2.75, 3.05) is 26.0 Å². The Hall–Kier alpha value is -1.20. The number of thioether (sulfide) groups is 1. The Kier molecular flexibility index (Phi) is 7.36. The molecule has 0 saturated carbocycles. The number of hydrogen-bond donors (Lipinski definition) is 2. The van der Waals surface area contributed by atoms with E-state index in [1.807, 2.05) is 45.2 Å². The number of carbonyl (C=O) groups excluding carboxylic acids is 1. The maximum Gasteiger partial charge on any atom is 0.230 e. The predicted molar refractivity (Wildman–Crippen MR) is 79.9 cm³/mol. The molecule has 0 radical (unpaired) electrons. The maximum absolute atomic E-state index is 11.6. The maximum atomic E-state index is 11.6. The second-order valence-electron chi connectivity index (χ2n) is 4.19. The van der Waals surface area contributed by atoms with E-state index in [4.69, 9.17) is 4.74 Å². The summed E-state index contributed by atoms with van der Waals surface area (Å²) >= 11 is 1.53. The Balaban J connectivity index is 2.29. The number of benzene rings is 1. The SMILES string of the molecule is CCOc1ccc(SCC(=O)NCC(C)NC)cc1. The van der Waals surface area contributed by atoms with Gasteiger partial charge in [-0.1, -0.05) is 0 Å². The third kappa shape index (κ3) is 6.50. The van der Waals surface area contributed by atoms with E-state index in [2.05, 4.69) is 10.6 Å². The molecule has 0 aliphatic rings. The van der Waals surface area contributed by atoms with E-state index >= 15 is 0 Å². The molecule has 19 heavy (non-hydrogen) atoms. The molecule has 1 unspecified atom stereocenters. The van der Waals surface area contributed by atoms with Crippen LogP contribution in [0.1, 0.15) is 13.8 Å². The van der Waals surface area contributed by atoms with Crippen LogP contribution in [0.25, 0.3) is 0 Å². The van der Waals surface area contributed by atoms with Gasteiger partial charge in [0.15, 0.2) is 0 Å². The molecule has 0 bridgehead atoms. The standard InChI is InChI=1S/C14H22N2O2S/c1-4-18-12-5-7-13(8-6-12)19-10-14(17)16-9-11(2)15-3/h5-8,11,15H,4,9-10H2,1-3H3,(H,16,17). The Morgan fingerprint density at radius 3 is 2.63 bits per heavy atom. The van der Waals surface area contributed by atoms with Crippen molar-refractivity contribution in [3.8, 4) is 5.75 Å². The number of nitrogens with one attached hydrogen (secondary N) is 2. The summed E-state index contributed by atoms with van der Waals surface area (Å²) in [7, 11) is 1.88. The van der Waals surface area contributed by atoms with E-state index in [1.165, 1.54) is 11.8 Å². The first kappa shape index (κ1) is 15.9. The lowest BCUT2D eigenvalue weighted by molar-refractivity contribution is -0.118. The second kappa shape index (κ2) is 8.82. The van der Waals surface area contributed by atoms with Gasteiger partial charge in [-0.15, -0.1) is 11.8 Å². The van der Waals surface area contributed by atoms with Crippen molar-refractivity contribution in [1.29, 1.82) is 0 Å². The van der Waals surface area contributed by atoms with Crippen LogP contribution in [0.3, 0.4) is 0 Å². The van der Waals surface area contributed by atoms with E-state index < -0.39 is 0 Å². The van der Waals surface area contributed by atoms with E-state index in [0.717, 1.165) is 10.6 Å². The number of rotatable bonds is 8. The van der Waals surface area contributed by atoms with Crippen LogP contribution in [0.2, 0.25) is 0 Å².